The van der Waals surface area contributed by atoms with Gasteiger partial charge in [0.25, 0.3) is 0 Å². The summed E-state index contributed by atoms with van der Waals surface area (Å²) in [6.07, 6.45) is 5.57. The minimum absolute atomic E-state index is 0.131. The first-order valence-corrected chi connectivity index (χ1v) is 8.91. The highest BCUT2D eigenvalue weighted by molar-refractivity contribution is 5.27. The fourth-order valence-electron chi connectivity index (χ4n) is 4.06. The lowest BCUT2D eigenvalue weighted by Crippen LogP contribution is -2.56. The van der Waals surface area contributed by atoms with E-state index in [9.17, 15) is 0 Å². The number of methoxy groups -OCH3 is 1. The molecule has 0 unspecified atom stereocenters. The maximum Gasteiger partial charge on any atom is 0.118 e. The van der Waals surface area contributed by atoms with E-state index >= 15 is 0 Å². The standard InChI is InChI=1S/C20H29NO3/c1-3-12-23-16-20-10-4-13-24-19(20)9-11-21(15-20)14-17-5-7-18(22-2)8-6-17/h3,5-8,19H,1,4,9-16H2,2H3/t19-,20+/m1/s1. The largest absolute Gasteiger partial charge is 0.497 e. The highest BCUT2D eigenvalue weighted by atomic mass is 16.5. The Hall–Kier alpha value is -1.36. The topological polar surface area (TPSA) is 30.9 Å². The van der Waals surface area contributed by atoms with E-state index in [1.165, 1.54) is 12.0 Å². The second-order valence-electron chi connectivity index (χ2n) is 6.98. The second kappa shape index (κ2) is 8.15. The van der Waals surface area contributed by atoms with Crippen molar-refractivity contribution in [3.63, 3.8) is 0 Å². The number of nitrogens with zero attached hydrogens (tertiary/aromatic N) is 1. The summed E-state index contributed by atoms with van der Waals surface area (Å²) in [5, 5.41) is 0. The van der Waals surface area contributed by atoms with Gasteiger partial charge in [0.1, 0.15) is 5.75 Å². The van der Waals surface area contributed by atoms with E-state index in [1.807, 2.05) is 18.2 Å². The van der Waals surface area contributed by atoms with Gasteiger partial charge >= 0.3 is 0 Å². The molecule has 1 aromatic rings. The van der Waals surface area contributed by atoms with Gasteiger partial charge in [0.05, 0.1) is 26.4 Å². The van der Waals surface area contributed by atoms with Crippen molar-refractivity contribution in [3.8, 4) is 5.75 Å². The van der Waals surface area contributed by atoms with Gasteiger partial charge < -0.3 is 14.2 Å². The molecule has 0 radical (unpaired) electrons. The highest BCUT2D eigenvalue weighted by Crippen LogP contribution is 2.40. The molecule has 132 valence electrons. The first-order valence-electron chi connectivity index (χ1n) is 8.91. The van der Waals surface area contributed by atoms with Crippen LogP contribution in [0.5, 0.6) is 5.75 Å². The summed E-state index contributed by atoms with van der Waals surface area (Å²) in [6, 6.07) is 8.38. The van der Waals surface area contributed by atoms with Crippen LogP contribution in [0.2, 0.25) is 0 Å². The summed E-state index contributed by atoms with van der Waals surface area (Å²) >= 11 is 0. The summed E-state index contributed by atoms with van der Waals surface area (Å²) in [5.41, 5.74) is 1.46. The van der Waals surface area contributed by atoms with E-state index in [0.29, 0.717) is 12.7 Å². The number of hydrogen-bond donors (Lipinski definition) is 0. The number of likely N-dealkylation sites (tertiary alicyclic amines) is 1. The number of fused-ring (bicyclic) bond motifs is 1. The fraction of sp³-hybridized carbons (Fsp3) is 0.600. The number of ether oxygens (including phenoxy) is 3. The van der Waals surface area contributed by atoms with E-state index in [4.69, 9.17) is 14.2 Å². The summed E-state index contributed by atoms with van der Waals surface area (Å²) < 4.78 is 17.2. The van der Waals surface area contributed by atoms with Crippen molar-refractivity contribution in [2.45, 2.75) is 31.9 Å². The van der Waals surface area contributed by atoms with E-state index in [2.05, 4.69) is 23.6 Å². The molecule has 2 saturated heterocycles. The van der Waals surface area contributed by atoms with Gasteiger partial charge in [-0.2, -0.15) is 0 Å². The minimum Gasteiger partial charge on any atom is -0.497 e. The normalized spacial score (nSPS) is 27.5. The third-order valence-corrected chi connectivity index (χ3v) is 5.26. The Kier molecular flexibility index (Phi) is 5.93. The lowest BCUT2D eigenvalue weighted by Gasteiger charge is -2.50. The Morgan fingerprint density at radius 2 is 2.21 bits per heavy atom. The average molecular weight is 331 g/mol. The molecule has 0 spiro atoms. The van der Waals surface area contributed by atoms with Gasteiger partial charge in [0, 0.05) is 31.7 Å². The molecule has 3 rings (SSSR count). The zero-order chi connectivity index (χ0) is 16.8. The molecule has 2 aliphatic rings. The van der Waals surface area contributed by atoms with Crippen LogP contribution in [-0.2, 0) is 16.0 Å². The quantitative estimate of drug-likeness (QED) is 0.567. The van der Waals surface area contributed by atoms with Gasteiger partial charge in [0.2, 0.25) is 0 Å². The van der Waals surface area contributed by atoms with Crippen LogP contribution in [0, 0.1) is 5.41 Å². The fourth-order valence-corrected chi connectivity index (χ4v) is 4.06. The molecule has 0 saturated carbocycles. The van der Waals surface area contributed by atoms with Gasteiger partial charge in [0.15, 0.2) is 0 Å². The van der Waals surface area contributed by atoms with Gasteiger partial charge in [-0.1, -0.05) is 18.2 Å². The molecule has 0 amide bonds. The van der Waals surface area contributed by atoms with Crippen molar-refractivity contribution in [2.75, 3.05) is 40.0 Å². The Morgan fingerprint density at radius 1 is 1.38 bits per heavy atom. The molecular weight excluding hydrogens is 302 g/mol. The zero-order valence-electron chi connectivity index (χ0n) is 14.7. The molecule has 0 aromatic heterocycles. The molecule has 4 nitrogen and oxygen atoms in total. The van der Waals surface area contributed by atoms with E-state index in [-0.39, 0.29) is 5.41 Å². The van der Waals surface area contributed by atoms with Crippen molar-refractivity contribution in [1.82, 2.24) is 4.90 Å². The second-order valence-corrected chi connectivity index (χ2v) is 6.98. The van der Waals surface area contributed by atoms with Crippen molar-refractivity contribution in [1.29, 1.82) is 0 Å². The first-order chi connectivity index (χ1) is 11.8. The summed E-state index contributed by atoms with van der Waals surface area (Å²) in [4.78, 5) is 2.55. The molecule has 2 atom stereocenters. The Bertz CT molecular complexity index is 530. The zero-order valence-corrected chi connectivity index (χ0v) is 14.7. The molecule has 0 aliphatic carbocycles. The van der Waals surface area contributed by atoms with E-state index < -0.39 is 0 Å². The lowest BCUT2D eigenvalue weighted by atomic mass is 9.73. The Balaban J connectivity index is 1.65. The molecular formula is C20H29NO3. The summed E-state index contributed by atoms with van der Waals surface area (Å²) in [5.74, 6) is 0.910. The van der Waals surface area contributed by atoms with Crippen LogP contribution in [-0.4, -0.2) is 51.0 Å². The monoisotopic (exact) mass is 331 g/mol. The number of benzene rings is 1. The summed E-state index contributed by atoms with van der Waals surface area (Å²) in [6.45, 7) is 9.13. The minimum atomic E-state index is 0.131. The predicted octanol–water partition coefficient (Wildman–Crippen LogP) is 3.27. The molecule has 4 heteroatoms. The van der Waals surface area contributed by atoms with Crippen LogP contribution in [0.1, 0.15) is 24.8 Å². The maximum absolute atomic E-state index is 6.10. The van der Waals surface area contributed by atoms with Crippen molar-refractivity contribution < 1.29 is 14.2 Å². The molecule has 1 aromatic carbocycles. The number of rotatable bonds is 7. The molecule has 2 fully saturated rings. The maximum atomic E-state index is 6.10. The van der Waals surface area contributed by atoms with Crippen LogP contribution < -0.4 is 4.74 Å². The first kappa shape index (κ1) is 17.5. The van der Waals surface area contributed by atoms with Crippen LogP contribution in [0.15, 0.2) is 36.9 Å². The van der Waals surface area contributed by atoms with Gasteiger partial charge in [-0.15, -0.1) is 6.58 Å². The van der Waals surface area contributed by atoms with Gasteiger partial charge in [-0.25, -0.2) is 0 Å². The Labute approximate surface area is 145 Å². The number of piperidine rings is 1. The summed E-state index contributed by atoms with van der Waals surface area (Å²) in [7, 11) is 1.70. The number of hydrogen-bond acceptors (Lipinski definition) is 4. The highest BCUT2D eigenvalue weighted by Gasteiger charge is 2.46. The van der Waals surface area contributed by atoms with E-state index in [0.717, 1.165) is 51.4 Å². The smallest absolute Gasteiger partial charge is 0.118 e. The molecule has 0 N–H and O–H groups in total. The molecule has 2 aliphatic heterocycles. The van der Waals surface area contributed by atoms with Crippen molar-refractivity contribution >= 4 is 0 Å². The van der Waals surface area contributed by atoms with Crippen LogP contribution >= 0.6 is 0 Å². The molecule has 2 heterocycles. The third kappa shape index (κ3) is 4.00. The third-order valence-electron chi connectivity index (χ3n) is 5.26. The molecule has 24 heavy (non-hydrogen) atoms. The van der Waals surface area contributed by atoms with Crippen LogP contribution in [0.25, 0.3) is 0 Å². The van der Waals surface area contributed by atoms with Crippen molar-refractivity contribution in [3.05, 3.63) is 42.5 Å². The van der Waals surface area contributed by atoms with Gasteiger partial charge in [-0.3, -0.25) is 4.90 Å². The molecule has 0 bridgehead atoms. The van der Waals surface area contributed by atoms with Gasteiger partial charge in [-0.05, 0) is 37.0 Å². The lowest BCUT2D eigenvalue weighted by molar-refractivity contribution is -0.152. The average Bonchev–Trinajstić information content (AvgIpc) is 2.62. The Morgan fingerprint density at radius 3 is 2.96 bits per heavy atom. The van der Waals surface area contributed by atoms with Crippen LogP contribution in [0.3, 0.4) is 0 Å². The SMILES string of the molecule is C=CCOC[C@@]12CCCO[C@@H]1CCN(Cc1ccc(OC)cc1)C2. The van der Waals surface area contributed by atoms with Crippen LogP contribution in [0.4, 0.5) is 0 Å². The van der Waals surface area contributed by atoms with Crippen molar-refractivity contribution in [2.24, 2.45) is 5.41 Å². The predicted molar refractivity (Wildman–Crippen MR) is 95.3 cm³/mol. The van der Waals surface area contributed by atoms with E-state index in [1.54, 1.807) is 7.11 Å².